The van der Waals surface area contributed by atoms with E-state index >= 15 is 0 Å². The molecule has 0 heterocycles. The van der Waals surface area contributed by atoms with Crippen LogP contribution in [0.25, 0.3) is 0 Å². The summed E-state index contributed by atoms with van der Waals surface area (Å²) >= 11 is 0. The van der Waals surface area contributed by atoms with Crippen molar-refractivity contribution in [2.75, 3.05) is 7.11 Å². The molecule has 0 bridgehead atoms. The fourth-order valence-electron chi connectivity index (χ4n) is 3.62. The van der Waals surface area contributed by atoms with Crippen LogP contribution in [-0.4, -0.2) is 13.1 Å². The van der Waals surface area contributed by atoms with E-state index < -0.39 is 0 Å². The summed E-state index contributed by atoms with van der Waals surface area (Å²) in [7, 11) is 1.42. The van der Waals surface area contributed by atoms with E-state index in [2.05, 4.69) is 61.6 Å². The van der Waals surface area contributed by atoms with Crippen LogP contribution in [0, 0.1) is 17.8 Å². The van der Waals surface area contributed by atoms with Crippen LogP contribution < -0.4 is 0 Å². The molecule has 0 amide bonds. The van der Waals surface area contributed by atoms with Crippen molar-refractivity contribution in [3.8, 4) is 11.8 Å². The van der Waals surface area contributed by atoms with Crippen molar-refractivity contribution in [1.82, 2.24) is 0 Å². The van der Waals surface area contributed by atoms with Crippen molar-refractivity contribution in [3.05, 3.63) is 35.4 Å². The number of carbonyl (C=O) groups is 1. The largest absolute Gasteiger partial charge is 0.469 e. The molecule has 1 aromatic rings. The summed E-state index contributed by atoms with van der Waals surface area (Å²) in [6, 6.07) is 8.79. The molecular formula is C27H44O2. The summed E-state index contributed by atoms with van der Waals surface area (Å²) < 4.78 is 4.62. The first-order chi connectivity index (χ1) is 14.1. The second-order valence-corrected chi connectivity index (χ2v) is 7.57. The van der Waals surface area contributed by atoms with Crippen molar-refractivity contribution in [2.45, 2.75) is 105 Å². The van der Waals surface area contributed by atoms with Crippen molar-refractivity contribution >= 4 is 5.97 Å². The number of ether oxygens (including phenoxy) is 1. The summed E-state index contributed by atoms with van der Waals surface area (Å²) in [4.78, 5) is 11.0. The normalized spacial score (nSPS) is 17.4. The molecule has 1 aliphatic carbocycles. The molecule has 0 saturated heterocycles. The molecule has 29 heavy (non-hydrogen) atoms. The van der Waals surface area contributed by atoms with E-state index in [0.717, 1.165) is 30.2 Å². The Morgan fingerprint density at radius 1 is 1.03 bits per heavy atom. The third kappa shape index (κ3) is 12.4. The van der Waals surface area contributed by atoms with Crippen molar-refractivity contribution in [1.29, 1.82) is 0 Å². The standard InChI is InChI=1S/C22H30O2.C3H8.C2H6/c1-3-7-18-10-14-20(15-11-18)21-16-12-19(13-17-21)8-5-4-6-9-22(23)24-2;1-3-2;1-2/h12-13,16-18,20H,3-4,6-7,9-11,14-15H2,1-2H3;3H2,1-2H3;1-2H3. The number of unbranched alkanes of at least 4 members (excludes halogenated alkanes) is 1. The predicted octanol–water partition coefficient (Wildman–Crippen LogP) is 7.90. The average molecular weight is 401 g/mol. The third-order valence-corrected chi connectivity index (χ3v) is 5.07. The Hall–Kier alpha value is -1.75. The molecular weight excluding hydrogens is 356 g/mol. The number of methoxy groups -OCH3 is 1. The van der Waals surface area contributed by atoms with Gasteiger partial charge in [-0.2, -0.15) is 0 Å². The molecule has 2 nitrogen and oxygen atoms in total. The van der Waals surface area contributed by atoms with Gasteiger partial charge < -0.3 is 4.74 Å². The van der Waals surface area contributed by atoms with Crippen LogP contribution in [0.3, 0.4) is 0 Å². The highest BCUT2D eigenvalue weighted by molar-refractivity contribution is 5.69. The van der Waals surface area contributed by atoms with E-state index in [-0.39, 0.29) is 5.97 Å². The molecule has 1 aromatic carbocycles. The zero-order valence-electron chi connectivity index (χ0n) is 19.9. The highest BCUT2D eigenvalue weighted by Gasteiger charge is 2.21. The van der Waals surface area contributed by atoms with Gasteiger partial charge in [0.05, 0.1) is 7.11 Å². The number of hydrogen-bond acceptors (Lipinski definition) is 2. The molecule has 2 heteroatoms. The van der Waals surface area contributed by atoms with Crippen LogP contribution in [0.5, 0.6) is 0 Å². The lowest BCUT2D eigenvalue weighted by molar-refractivity contribution is -0.140. The summed E-state index contributed by atoms with van der Waals surface area (Å²) in [6.45, 7) is 10.5. The molecule has 1 aliphatic rings. The number of benzene rings is 1. The van der Waals surface area contributed by atoms with Gasteiger partial charge in [0.2, 0.25) is 0 Å². The molecule has 1 fully saturated rings. The Balaban J connectivity index is 0.00000143. The zero-order chi connectivity index (χ0) is 21.9. The number of esters is 1. The van der Waals surface area contributed by atoms with Gasteiger partial charge >= 0.3 is 5.97 Å². The predicted molar refractivity (Wildman–Crippen MR) is 126 cm³/mol. The summed E-state index contributed by atoms with van der Waals surface area (Å²) in [6.07, 6.45) is 11.4. The summed E-state index contributed by atoms with van der Waals surface area (Å²) in [5.41, 5.74) is 2.54. The van der Waals surface area contributed by atoms with Crippen LogP contribution in [0.4, 0.5) is 0 Å². The van der Waals surface area contributed by atoms with Crippen LogP contribution >= 0.6 is 0 Å². The molecule has 0 N–H and O–H groups in total. The lowest BCUT2D eigenvalue weighted by atomic mass is 9.77. The van der Waals surface area contributed by atoms with Gasteiger partial charge in [-0.25, -0.2) is 0 Å². The summed E-state index contributed by atoms with van der Waals surface area (Å²) in [5.74, 6) is 7.87. The third-order valence-electron chi connectivity index (χ3n) is 5.07. The number of carbonyl (C=O) groups excluding carboxylic acids is 1. The highest BCUT2D eigenvalue weighted by atomic mass is 16.5. The smallest absolute Gasteiger partial charge is 0.305 e. The first-order valence-corrected chi connectivity index (χ1v) is 11.8. The molecule has 0 aromatic heterocycles. The minimum atomic E-state index is -0.158. The second-order valence-electron chi connectivity index (χ2n) is 7.57. The van der Waals surface area contributed by atoms with Gasteiger partial charge in [-0.3, -0.25) is 4.79 Å². The first-order valence-electron chi connectivity index (χ1n) is 11.8. The Labute approximate surface area is 180 Å². The molecule has 0 unspecified atom stereocenters. The van der Waals surface area contributed by atoms with E-state index in [1.54, 1.807) is 0 Å². The topological polar surface area (TPSA) is 26.3 Å². The Morgan fingerprint density at radius 3 is 2.14 bits per heavy atom. The van der Waals surface area contributed by atoms with Crippen LogP contribution in [0.1, 0.15) is 116 Å². The van der Waals surface area contributed by atoms with Gasteiger partial charge in [0, 0.05) is 18.4 Å². The van der Waals surface area contributed by atoms with Crippen molar-refractivity contribution < 1.29 is 9.53 Å². The van der Waals surface area contributed by atoms with Gasteiger partial charge in [-0.1, -0.05) is 77.9 Å². The maximum absolute atomic E-state index is 11.0. The lowest BCUT2D eigenvalue weighted by Gasteiger charge is -2.28. The Kier molecular flexibility index (Phi) is 17.2. The van der Waals surface area contributed by atoms with Crippen LogP contribution in [0.15, 0.2) is 24.3 Å². The maximum Gasteiger partial charge on any atom is 0.305 e. The van der Waals surface area contributed by atoms with Gasteiger partial charge in [0.1, 0.15) is 0 Å². The van der Waals surface area contributed by atoms with E-state index in [9.17, 15) is 4.79 Å². The molecule has 2 rings (SSSR count). The lowest BCUT2D eigenvalue weighted by Crippen LogP contribution is -2.13. The van der Waals surface area contributed by atoms with Crippen LogP contribution in [-0.2, 0) is 9.53 Å². The molecule has 0 aliphatic heterocycles. The molecule has 164 valence electrons. The first kappa shape index (κ1) is 27.2. The van der Waals surface area contributed by atoms with Gasteiger partial charge in [0.25, 0.3) is 0 Å². The SMILES string of the molecule is CC.CCC.CCCC1CCC(c2ccc(C#CCCCC(=O)OC)cc2)CC1. The molecule has 0 atom stereocenters. The van der Waals surface area contributed by atoms with Crippen molar-refractivity contribution in [2.24, 2.45) is 5.92 Å². The van der Waals surface area contributed by atoms with Crippen molar-refractivity contribution in [3.63, 3.8) is 0 Å². The highest BCUT2D eigenvalue weighted by Crippen LogP contribution is 2.37. The Bertz CT molecular complexity index is 569. The van der Waals surface area contributed by atoms with Gasteiger partial charge in [-0.05, 0) is 61.6 Å². The van der Waals surface area contributed by atoms with Gasteiger partial charge in [0.15, 0.2) is 0 Å². The zero-order valence-corrected chi connectivity index (χ0v) is 19.9. The van der Waals surface area contributed by atoms with E-state index in [0.29, 0.717) is 6.42 Å². The second kappa shape index (κ2) is 18.3. The monoisotopic (exact) mass is 400 g/mol. The average Bonchev–Trinajstić information content (AvgIpc) is 2.76. The fourth-order valence-corrected chi connectivity index (χ4v) is 3.62. The fraction of sp³-hybridized carbons (Fsp3) is 0.667. The number of hydrogen-bond donors (Lipinski definition) is 0. The minimum Gasteiger partial charge on any atom is -0.469 e. The molecule has 0 radical (unpaired) electrons. The summed E-state index contributed by atoms with van der Waals surface area (Å²) in [5, 5.41) is 0. The van der Waals surface area contributed by atoms with E-state index in [1.165, 1.54) is 57.6 Å². The molecule has 1 saturated carbocycles. The van der Waals surface area contributed by atoms with E-state index in [4.69, 9.17) is 0 Å². The maximum atomic E-state index is 11.0. The van der Waals surface area contributed by atoms with E-state index in [1.807, 2.05) is 13.8 Å². The molecule has 0 spiro atoms. The Morgan fingerprint density at radius 2 is 1.62 bits per heavy atom. The quantitative estimate of drug-likeness (QED) is 0.275. The van der Waals surface area contributed by atoms with Gasteiger partial charge in [-0.15, -0.1) is 0 Å². The van der Waals surface area contributed by atoms with Crippen LogP contribution in [0.2, 0.25) is 0 Å². The minimum absolute atomic E-state index is 0.158. The number of rotatable bonds is 6.